The summed E-state index contributed by atoms with van der Waals surface area (Å²) in [5, 5.41) is 1.08. The van der Waals surface area contributed by atoms with Gasteiger partial charge in [0.15, 0.2) is 15.2 Å². The van der Waals surface area contributed by atoms with E-state index in [2.05, 4.69) is 21.5 Å². The molecule has 0 radical (unpaired) electrons. The molecule has 2 heterocycles. The van der Waals surface area contributed by atoms with Gasteiger partial charge in [-0.2, -0.15) is 0 Å². The van der Waals surface area contributed by atoms with Gasteiger partial charge in [0.2, 0.25) is 0 Å². The third-order valence-electron chi connectivity index (χ3n) is 3.04. The number of carbonyl (C=O) groups is 1. The molecule has 17 heavy (non-hydrogen) atoms. The molecule has 1 aliphatic rings. The van der Waals surface area contributed by atoms with Crippen molar-refractivity contribution in [1.82, 2.24) is 4.98 Å². The van der Waals surface area contributed by atoms with E-state index < -0.39 is 5.97 Å². The fraction of sp³-hybridized carbons (Fsp3) is 0.636. The SMILES string of the molecule is CCC1CCCN1c1nc(Cl)c(C(=O)OC)s1. The van der Waals surface area contributed by atoms with Crippen molar-refractivity contribution in [2.45, 2.75) is 32.2 Å². The Hall–Kier alpha value is -0.810. The van der Waals surface area contributed by atoms with Gasteiger partial charge >= 0.3 is 5.97 Å². The van der Waals surface area contributed by atoms with Gasteiger partial charge in [0.25, 0.3) is 0 Å². The first-order valence-electron chi connectivity index (χ1n) is 5.68. The Labute approximate surface area is 110 Å². The van der Waals surface area contributed by atoms with E-state index >= 15 is 0 Å². The van der Waals surface area contributed by atoms with Gasteiger partial charge in [-0.3, -0.25) is 0 Å². The van der Waals surface area contributed by atoms with E-state index in [-0.39, 0.29) is 5.15 Å². The third kappa shape index (κ3) is 2.40. The fourth-order valence-electron chi connectivity index (χ4n) is 2.14. The molecule has 0 aromatic carbocycles. The number of hydrogen-bond acceptors (Lipinski definition) is 5. The molecule has 1 unspecified atom stereocenters. The molecular weight excluding hydrogens is 260 g/mol. The van der Waals surface area contributed by atoms with Crippen LogP contribution >= 0.6 is 22.9 Å². The Morgan fingerprint density at radius 3 is 3.12 bits per heavy atom. The van der Waals surface area contributed by atoms with Crippen LogP contribution in [-0.4, -0.2) is 30.6 Å². The highest BCUT2D eigenvalue weighted by Gasteiger charge is 2.28. The van der Waals surface area contributed by atoms with Gasteiger partial charge in [-0.05, 0) is 19.3 Å². The summed E-state index contributed by atoms with van der Waals surface area (Å²) in [7, 11) is 1.35. The maximum Gasteiger partial charge on any atom is 0.351 e. The van der Waals surface area contributed by atoms with Crippen LogP contribution in [0.5, 0.6) is 0 Å². The normalized spacial score (nSPS) is 19.7. The summed E-state index contributed by atoms with van der Waals surface area (Å²) < 4.78 is 4.67. The maximum atomic E-state index is 11.5. The van der Waals surface area contributed by atoms with Gasteiger partial charge < -0.3 is 9.64 Å². The third-order valence-corrected chi connectivity index (χ3v) is 4.50. The molecule has 0 amide bonds. The molecule has 1 aromatic rings. The van der Waals surface area contributed by atoms with Gasteiger partial charge in [0.05, 0.1) is 7.11 Å². The highest BCUT2D eigenvalue weighted by Crippen LogP contribution is 2.34. The van der Waals surface area contributed by atoms with Crippen molar-refractivity contribution in [3.63, 3.8) is 0 Å². The van der Waals surface area contributed by atoms with Crippen LogP contribution in [0.2, 0.25) is 5.15 Å². The van der Waals surface area contributed by atoms with Gasteiger partial charge in [0, 0.05) is 12.6 Å². The zero-order valence-corrected chi connectivity index (χ0v) is 11.5. The van der Waals surface area contributed by atoms with E-state index in [9.17, 15) is 4.79 Å². The number of hydrogen-bond donors (Lipinski definition) is 0. The number of halogens is 1. The predicted molar refractivity (Wildman–Crippen MR) is 69.1 cm³/mol. The second kappa shape index (κ2) is 5.23. The molecule has 1 aromatic heterocycles. The minimum atomic E-state index is -0.411. The van der Waals surface area contributed by atoms with Crippen LogP contribution in [0.25, 0.3) is 0 Å². The van der Waals surface area contributed by atoms with Crippen LogP contribution < -0.4 is 4.90 Å². The lowest BCUT2D eigenvalue weighted by Crippen LogP contribution is -2.28. The Morgan fingerprint density at radius 1 is 1.71 bits per heavy atom. The number of methoxy groups -OCH3 is 1. The minimum Gasteiger partial charge on any atom is -0.465 e. The second-order valence-corrected chi connectivity index (χ2v) is 5.34. The lowest BCUT2D eigenvalue weighted by atomic mass is 10.2. The maximum absolute atomic E-state index is 11.5. The van der Waals surface area contributed by atoms with Crippen LogP contribution in [0.4, 0.5) is 5.13 Å². The predicted octanol–water partition coefficient (Wildman–Crippen LogP) is 2.96. The Morgan fingerprint density at radius 2 is 2.47 bits per heavy atom. The topological polar surface area (TPSA) is 42.4 Å². The van der Waals surface area contributed by atoms with Crippen molar-refractivity contribution < 1.29 is 9.53 Å². The van der Waals surface area contributed by atoms with E-state index in [1.54, 1.807) is 0 Å². The summed E-state index contributed by atoms with van der Waals surface area (Å²) >= 11 is 7.28. The monoisotopic (exact) mass is 274 g/mol. The summed E-state index contributed by atoms with van der Waals surface area (Å²) in [6, 6.07) is 0.516. The molecule has 94 valence electrons. The second-order valence-electron chi connectivity index (χ2n) is 4.01. The number of rotatable bonds is 3. The molecule has 0 bridgehead atoms. The molecule has 0 saturated carbocycles. The first-order valence-corrected chi connectivity index (χ1v) is 6.88. The van der Waals surface area contributed by atoms with Crippen LogP contribution in [0, 0.1) is 0 Å². The molecule has 1 saturated heterocycles. The van der Waals surface area contributed by atoms with Crippen LogP contribution in [0.3, 0.4) is 0 Å². The highest BCUT2D eigenvalue weighted by molar-refractivity contribution is 7.18. The molecule has 0 spiro atoms. The van der Waals surface area contributed by atoms with E-state index in [1.165, 1.54) is 31.3 Å². The van der Waals surface area contributed by atoms with Crippen molar-refractivity contribution in [1.29, 1.82) is 0 Å². The molecular formula is C11H15ClN2O2S. The smallest absolute Gasteiger partial charge is 0.351 e. The average Bonchev–Trinajstić information content (AvgIpc) is 2.93. The summed E-state index contributed by atoms with van der Waals surface area (Å²) in [5.41, 5.74) is 0. The molecule has 6 heteroatoms. The summed E-state index contributed by atoms with van der Waals surface area (Å²) in [6.45, 7) is 3.16. The van der Waals surface area contributed by atoms with Crippen molar-refractivity contribution >= 4 is 34.0 Å². The number of anilines is 1. The molecule has 1 atom stereocenters. The van der Waals surface area contributed by atoms with Gasteiger partial charge in [-0.1, -0.05) is 29.9 Å². The van der Waals surface area contributed by atoms with Gasteiger partial charge in [0.1, 0.15) is 0 Å². The van der Waals surface area contributed by atoms with E-state index in [0.717, 1.165) is 18.1 Å². The number of thiazole rings is 1. The zero-order valence-electron chi connectivity index (χ0n) is 9.90. The number of aromatic nitrogens is 1. The molecule has 0 aliphatic carbocycles. The molecule has 1 fully saturated rings. The fourth-order valence-corrected chi connectivity index (χ4v) is 3.44. The van der Waals surface area contributed by atoms with Crippen molar-refractivity contribution in [3.8, 4) is 0 Å². The van der Waals surface area contributed by atoms with Gasteiger partial charge in [-0.25, -0.2) is 9.78 Å². The summed E-state index contributed by atoms with van der Waals surface area (Å²) in [5.74, 6) is -0.411. The quantitative estimate of drug-likeness (QED) is 0.795. The first-order chi connectivity index (χ1) is 8.17. The largest absolute Gasteiger partial charge is 0.465 e. The number of nitrogens with zero attached hydrogens (tertiary/aromatic N) is 2. The molecule has 2 rings (SSSR count). The van der Waals surface area contributed by atoms with E-state index in [1.807, 2.05) is 0 Å². The van der Waals surface area contributed by atoms with Crippen LogP contribution in [-0.2, 0) is 4.74 Å². The minimum absolute atomic E-state index is 0.249. The summed E-state index contributed by atoms with van der Waals surface area (Å²) in [4.78, 5) is 18.4. The lowest BCUT2D eigenvalue weighted by molar-refractivity contribution is 0.0606. The zero-order chi connectivity index (χ0) is 12.4. The summed E-state index contributed by atoms with van der Waals surface area (Å²) in [6.07, 6.45) is 3.44. The first kappa shape index (κ1) is 12.6. The Balaban J connectivity index is 2.25. The van der Waals surface area contributed by atoms with Gasteiger partial charge in [-0.15, -0.1) is 0 Å². The molecule has 1 aliphatic heterocycles. The van der Waals surface area contributed by atoms with Crippen molar-refractivity contribution in [2.24, 2.45) is 0 Å². The van der Waals surface area contributed by atoms with Crippen LogP contribution in [0.15, 0.2) is 0 Å². The van der Waals surface area contributed by atoms with E-state index in [4.69, 9.17) is 11.6 Å². The molecule has 0 N–H and O–H groups in total. The lowest BCUT2D eigenvalue weighted by Gasteiger charge is -2.22. The highest BCUT2D eigenvalue weighted by atomic mass is 35.5. The number of esters is 1. The number of carbonyl (C=O) groups excluding carboxylic acids is 1. The van der Waals surface area contributed by atoms with Crippen LogP contribution in [0.1, 0.15) is 35.9 Å². The number of ether oxygens (including phenoxy) is 1. The van der Waals surface area contributed by atoms with Crippen molar-refractivity contribution in [2.75, 3.05) is 18.6 Å². The molecule has 4 nitrogen and oxygen atoms in total. The Kier molecular flexibility index (Phi) is 3.89. The van der Waals surface area contributed by atoms with Crippen molar-refractivity contribution in [3.05, 3.63) is 10.0 Å². The standard InChI is InChI=1S/C11H15ClN2O2S/c1-3-7-5-4-6-14(7)11-13-9(12)8(17-11)10(15)16-2/h7H,3-6H2,1-2H3. The Bertz CT molecular complexity index is 422. The average molecular weight is 275 g/mol. The van der Waals surface area contributed by atoms with E-state index in [0.29, 0.717) is 10.9 Å².